The summed E-state index contributed by atoms with van der Waals surface area (Å²) in [6.45, 7) is 0. The Labute approximate surface area is 243 Å². The molecule has 4 aromatic rings. The fourth-order valence-electron chi connectivity index (χ4n) is 4.48. The zero-order valence-corrected chi connectivity index (χ0v) is 22.7. The number of rotatable bonds is 15. The number of benzene rings is 1. The molecule has 0 spiro atoms. The van der Waals surface area contributed by atoms with E-state index in [0.717, 1.165) is 10.9 Å². The van der Waals surface area contributed by atoms with E-state index in [2.05, 4.69) is 40.9 Å². The first-order valence-corrected chi connectivity index (χ1v) is 13.2. The molecule has 3 aromatic heterocycles. The van der Waals surface area contributed by atoms with E-state index in [1.807, 2.05) is 12.1 Å². The van der Waals surface area contributed by atoms with Gasteiger partial charge in [0.05, 0.1) is 25.1 Å². The van der Waals surface area contributed by atoms with Crippen LogP contribution in [0.1, 0.15) is 23.4 Å². The zero-order valence-electron chi connectivity index (χ0n) is 22.7. The van der Waals surface area contributed by atoms with Gasteiger partial charge in [-0.25, -0.2) is 14.8 Å². The maximum absolute atomic E-state index is 13.4. The monoisotopic (exact) mass is 593 g/mol. The molecule has 4 rings (SSSR count). The number of aliphatic carboxylic acids is 2. The van der Waals surface area contributed by atoms with Crippen molar-refractivity contribution in [3.8, 4) is 0 Å². The quantitative estimate of drug-likeness (QED) is 0.0810. The predicted octanol–water partition coefficient (Wildman–Crippen LogP) is -1.02. The first kappa shape index (κ1) is 30.4. The maximum Gasteiger partial charge on any atom is 0.326 e. The van der Waals surface area contributed by atoms with Crippen LogP contribution in [0.4, 0.5) is 0 Å². The lowest BCUT2D eigenvalue weighted by molar-refractivity contribution is -0.143. The van der Waals surface area contributed by atoms with Crippen LogP contribution in [-0.2, 0) is 43.2 Å². The summed E-state index contributed by atoms with van der Waals surface area (Å²) in [5, 5.41) is 27.2. The Morgan fingerprint density at radius 2 is 1.37 bits per heavy atom. The molecule has 0 bridgehead atoms. The summed E-state index contributed by atoms with van der Waals surface area (Å²) in [6, 6.07) is 1.78. The van der Waals surface area contributed by atoms with E-state index >= 15 is 0 Å². The van der Waals surface area contributed by atoms with Crippen LogP contribution in [0.5, 0.6) is 0 Å². The molecule has 10 N–H and O–H groups in total. The molecule has 0 saturated heterocycles. The molecule has 226 valence electrons. The molecule has 16 nitrogen and oxygen atoms in total. The van der Waals surface area contributed by atoms with Gasteiger partial charge in [-0.1, -0.05) is 18.2 Å². The lowest BCUT2D eigenvalue weighted by Crippen LogP contribution is -2.58. The Bertz CT molecular complexity index is 1570. The van der Waals surface area contributed by atoms with Gasteiger partial charge in [-0.2, -0.15) is 0 Å². The third-order valence-corrected chi connectivity index (χ3v) is 6.67. The number of nitrogens with one attached hydrogen (secondary N) is 6. The molecule has 0 aliphatic heterocycles. The fraction of sp³-hybridized carbons (Fsp3) is 0.296. The van der Waals surface area contributed by atoms with E-state index in [4.69, 9.17) is 5.73 Å². The largest absolute Gasteiger partial charge is 0.481 e. The van der Waals surface area contributed by atoms with E-state index in [9.17, 15) is 34.2 Å². The van der Waals surface area contributed by atoms with Gasteiger partial charge in [-0.05, 0) is 11.6 Å². The molecule has 4 atom stereocenters. The predicted molar refractivity (Wildman–Crippen MR) is 150 cm³/mol. The number of carbonyl (C=O) groups is 5. The maximum atomic E-state index is 13.4. The van der Waals surface area contributed by atoms with Gasteiger partial charge in [0.1, 0.15) is 18.1 Å². The molecular weight excluding hydrogens is 562 g/mol. The molecule has 3 heterocycles. The van der Waals surface area contributed by atoms with Crippen LogP contribution < -0.4 is 21.7 Å². The smallest absolute Gasteiger partial charge is 0.326 e. The number of nitrogens with two attached hydrogens (primary N) is 1. The molecule has 3 amide bonds. The number of carboxylic acid groups (broad SMARTS) is 2. The molecule has 0 saturated carbocycles. The zero-order chi connectivity index (χ0) is 30.9. The second-order valence-electron chi connectivity index (χ2n) is 9.85. The van der Waals surface area contributed by atoms with Crippen LogP contribution >= 0.6 is 0 Å². The molecule has 1 aromatic carbocycles. The lowest BCUT2D eigenvalue weighted by atomic mass is 10.0. The summed E-state index contributed by atoms with van der Waals surface area (Å²) in [5.74, 6) is -5.36. The van der Waals surface area contributed by atoms with E-state index in [0.29, 0.717) is 17.0 Å². The van der Waals surface area contributed by atoms with Gasteiger partial charge in [0, 0.05) is 60.1 Å². The molecule has 0 aliphatic carbocycles. The number of H-pyrrole nitrogens is 3. The van der Waals surface area contributed by atoms with Crippen molar-refractivity contribution < 1.29 is 34.2 Å². The summed E-state index contributed by atoms with van der Waals surface area (Å²) >= 11 is 0. The van der Waals surface area contributed by atoms with Crippen molar-refractivity contribution in [2.75, 3.05) is 0 Å². The Hall–Kier alpha value is -5.51. The second-order valence-corrected chi connectivity index (χ2v) is 9.85. The third-order valence-electron chi connectivity index (χ3n) is 6.67. The Balaban J connectivity index is 1.47. The molecular formula is C27H31N9O7. The number of hydrogen-bond donors (Lipinski definition) is 9. The number of amides is 3. The number of imidazole rings is 2. The molecule has 43 heavy (non-hydrogen) atoms. The summed E-state index contributed by atoms with van der Waals surface area (Å²) in [7, 11) is 0. The normalized spacial score (nSPS) is 13.9. The van der Waals surface area contributed by atoms with Crippen molar-refractivity contribution in [3.63, 3.8) is 0 Å². The molecule has 0 aliphatic rings. The number of fused-ring (bicyclic) bond motifs is 1. The number of carboxylic acids is 2. The number of para-hydroxylation sites is 1. The number of aromatic nitrogens is 5. The van der Waals surface area contributed by atoms with E-state index in [-0.39, 0.29) is 19.3 Å². The highest BCUT2D eigenvalue weighted by molar-refractivity contribution is 5.96. The minimum absolute atomic E-state index is 0.0892. The third kappa shape index (κ3) is 8.26. The van der Waals surface area contributed by atoms with E-state index in [1.54, 1.807) is 18.3 Å². The second kappa shape index (κ2) is 13.9. The van der Waals surface area contributed by atoms with E-state index in [1.165, 1.54) is 25.0 Å². The van der Waals surface area contributed by atoms with Crippen molar-refractivity contribution in [1.29, 1.82) is 0 Å². The number of nitrogens with zero attached hydrogens (tertiary/aromatic N) is 2. The van der Waals surface area contributed by atoms with Gasteiger partial charge in [0.25, 0.3) is 0 Å². The summed E-state index contributed by atoms with van der Waals surface area (Å²) in [4.78, 5) is 79.5. The molecule has 0 radical (unpaired) electrons. The highest BCUT2D eigenvalue weighted by Gasteiger charge is 2.32. The standard InChI is InChI=1S/C27H31N9O7/c28-18(6-15-10-29-12-32-15)24(39)34-20(7-16-11-30-13-33-16)25(40)35-21(8-23(37)38)26(41)36-22(27(42)43)5-14-9-31-19-4-2-1-3-17(14)19/h1-4,9-13,18,20-22,31H,5-8,28H2,(H,29,32)(H,30,33)(H,34,39)(H,35,40)(H,36,41)(H,37,38)(H,42,43). The lowest BCUT2D eigenvalue weighted by Gasteiger charge is -2.24. The minimum Gasteiger partial charge on any atom is -0.481 e. The fourth-order valence-corrected chi connectivity index (χ4v) is 4.48. The van der Waals surface area contributed by atoms with Gasteiger partial charge >= 0.3 is 11.9 Å². The van der Waals surface area contributed by atoms with Crippen molar-refractivity contribution in [1.82, 2.24) is 40.9 Å². The van der Waals surface area contributed by atoms with Gasteiger partial charge in [-0.3, -0.25) is 19.2 Å². The van der Waals surface area contributed by atoms with E-state index < -0.39 is 60.2 Å². The number of aromatic amines is 3. The summed E-state index contributed by atoms with van der Waals surface area (Å²) < 4.78 is 0. The van der Waals surface area contributed by atoms with Gasteiger partial charge < -0.3 is 46.8 Å². The number of hydrogen-bond acceptors (Lipinski definition) is 8. The Morgan fingerprint density at radius 3 is 2.00 bits per heavy atom. The van der Waals surface area contributed by atoms with Crippen LogP contribution in [0.3, 0.4) is 0 Å². The topological polar surface area (TPSA) is 261 Å². The van der Waals surface area contributed by atoms with Crippen molar-refractivity contribution in [2.24, 2.45) is 5.73 Å². The minimum atomic E-state index is -1.66. The van der Waals surface area contributed by atoms with Crippen molar-refractivity contribution in [3.05, 3.63) is 72.5 Å². The summed E-state index contributed by atoms with van der Waals surface area (Å²) in [5.41, 5.74) is 8.46. The molecule has 16 heteroatoms. The van der Waals surface area contributed by atoms with Gasteiger partial charge in [0.2, 0.25) is 17.7 Å². The van der Waals surface area contributed by atoms with Gasteiger partial charge in [0.15, 0.2) is 0 Å². The highest BCUT2D eigenvalue weighted by Crippen LogP contribution is 2.19. The molecule has 0 fully saturated rings. The van der Waals surface area contributed by atoms with Crippen LogP contribution in [0, 0.1) is 0 Å². The van der Waals surface area contributed by atoms with Crippen LogP contribution in [0.2, 0.25) is 0 Å². The average molecular weight is 594 g/mol. The first-order chi connectivity index (χ1) is 20.6. The summed E-state index contributed by atoms with van der Waals surface area (Å²) in [6.07, 6.45) is 6.42. The van der Waals surface area contributed by atoms with Crippen LogP contribution in [0.15, 0.2) is 55.5 Å². The van der Waals surface area contributed by atoms with Crippen LogP contribution in [0.25, 0.3) is 10.9 Å². The highest BCUT2D eigenvalue weighted by atomic mass is 16.4. The number of carbonyl (C=O) groups excluding carboxylic acids is 3. The molecule has 4 unspecified atom stereocenters. The first-order valence-electron chi connectivity index (χ1n) is 13.2. The van der Waals surface area contributed by atoms with Crippen molar-refractivity contribution in [2.45, 2.75) is 49.9 Å². The average Bonchev–Trinajstić information content (AvgIpc) is 3.75. The van der Waals surface area contributed by atoms with Gasteiger partial charge in [-0.15, -0.1) is 0 Å². The van der Waals surface area contributed by atoms with Crippen molar-refractivity contribution >= 4 is 40.6 Å². The van der Waals surface area contributed by atoms with Crippen LogP contribution in [-0.4, -0.2) is 89.0 Å². The SMILES string of the molecule is NC(Cc1cnc[nH]1)C(=O)NC(Cc1cnc[nH]1)C(=O)NC(CC(=O)O)C(=O)NC(Cc1c[nH]c2ccccc12)C(=O)O. The Morgan fingerprint density at radius 1 is 0.767 bits per heavy atom. The Kier molecular flexibility index (Phi) is 9.85.